The summed E-state index contributed by atoms with van der Waals surface area (Å²) in [5.74, 6) is 0.830. The van der Waals surface area contributed by atoms with Crippen molar-refractivity contribution in [3.05, 3.63) is 71.8 Å². The number of aryl methyl sites for hydroxylation is 1. The highest BCUT2D eigenvalue weighted by Gasteiger charge is 2.23. The van der Waals surface area contributed by atoms with E-state index in [-0.39, 0.29) is 0 Å². The van der Waals surface area contributed by atoms with Gasteiger partial charge in [0.05, 0.1) is 0 Å². The van der Waals surface area contributed by atoms with Crippen molar-refractivity contribution >= 4 is 10.8 Å². The van der Waals surface area contributed by atoms with E-state index in [0.29, 0.717) is 0 Å². The summed E-state index contributed by atoms with van der Waals surface area (Å²) in [5, 5.41) is 2.71. The molecule has 4 rings (SSSR count). The van der Waals surface area contributed by atoms with Gasteiger partial charge in [-0.3, -0.25) is 0 Å². The smallest absolute Gasteiger partial charge is 0.0161 e. The first kappa shape index (κ1) is 11.7. The average Bonchev–Trinajstić information content (AvgIpc) is 3.32. The van der Waals surface area contributed by atoms with Crippen molar-refractivity contribution in [2.24, 2.45) is 0 Å². The molecule has 0 nitrogen and oxygen atoms in total. The van der Waals surface area contributed by atoms with Crippen LogP contribution in [-0.2, 0) is 0 Å². The van der Waals surface area contributed by atoms with Crippen LogP contribution in [-0.4, -0.2) is 0 Å². The van der Waals surface area contributed by atoms with Crippen molar-refractivity contribution in [1.82, 2.24) is 0 Å². The lowest BCUT2D eigenvalue weighted by Crippen LogP contribution is -1.82. The third-order valence-electron chi connectivity index (χ3n) is 4.30. The Morgan fingerprint density at radius 2 is 1.35 bits per heavy atom. The second-order valence-electron chi connectivity index (χ2n) is 5.96. The van der Waals surface area contributed by atoms with Crippen LogP contribution in [0.3, 0.4) is 0 Å². The Kier molecular flexibility index (Phi) is 2.63. The van der Waals surface area contributed by atoms with Crippen LogP contribution in [0.5, 0.6) is 0 Å². The Balaban J connectivity index is 1.78. The lowest BCUT2D eigenvalue weighted by molar-refractivity contribution is 1.14. The van der Waals surface area contributed by atoms with Crippen LogP contribution in [0, 0.1) is 6.92 Å². The highest BCUT2D eigenvalue weighted by Crippen LogP contribution is 2.41. The molecule has 1 saturated carbocycles. The first-order chi connectivity index (χ1) is 9.79. The van der Waals surface area contributed by atoms with Crippen molar-refractivity contribution in [3.8, 4) is 11.1 Å². The number of hydrogen-bond donors (Lipinski definition) is 0. The Morgan fingerprint density at radius 1 is 0.700 bits per heavy atom. The van der Waals surface area contributed by atoms with Gasteiger partial charge in [-0.2, -0.15) is 0 Å². The van der Waals surface area contributed by atoms with E-state index in [0.717, 1.165) is 5.92 Å². The summed E-state index contributed by atoms with van der Waals surface area (Å²) in [6.45, 7) is 2.13. The van der Waals surface area contributed by atoms with Crippen molar-refractivity contribution in [2.45, 2.75) is 25.7 Å². The summed E-state index contributed by atoms with van der Waals surface area (Å²) >= 11 is 0. The normalized spacial score (nSPS) is 14.7. The molecule has 1 fully saturated rings. The van der Waals surface area contributed by atoms with Crippen LogP contribution >= 0.6 is 0 Å². The molecule has 98 valence electrons. The Bertz CT molecular complexity index is 762. The average molecular weight is 258 g/mol. The minimum atomic E-state index is 0.830. The molecule has 0 heteroatoms. The van der Waals surface area contributed by atoms with Crippen LogP contribution in [0.1, 0.15) is 29.9 Å². The van der Waals surface area contributed by atoms with Crippen molar-refractivity contribution in [3.63, 3.8) is 0 Å². The van der Waals surface area contributed by atoms with Crippen LogP contribution in [0.2, 0.25) is 0 Å². The molecule has 0 saturated heterocycles. The van der Waals surface area contributed by atoms with Crippen LogP contribution < -0.4 is 0 Å². The maximum absolute atomic E-state index is 2.37. The molecular weight excluding hydrogens is 240 g/mol. The zero-order valence-electron chi connectivity index (χ0n) is 11.8. The molecule has 0 aromatic heterocycles. The van der Waals surface area contributed by atoms with Crippen LogP contribution in [0.4, 0.5) is 0 Å². The minimum absolute atomic E-state index is 0.830. The van der Waals surface area contributed by atoms with E-state index >= 15 is 0 Å². The fourth-order valence-corrected chi connectivity index (χ4v) is 2.86. The summed E-state index contributed by atoms with van der Waals surface area (Å²) in [4.78, 5) is 0. The fourth-order valence-electron chi connectivity index (χ4n) is 2.86. The predicted molar refractivity (Wildman–Crippen MR) is 86.1 cm³/mol. The zero-order chi connectivity index (χ0) is 13.5. The van der Waals surface area contributed by atoms with Crippen LogP contribution in [0.15, 0.2) is 60.7 Å². The predicted octanol–water partition coefficient (Wildman–Crippen LogP) is 5.69. The van der Waals surface area contributed by atoms with Gasteiger partial charge in [0.2, 0.25) is 0 Å². The van der Waals surface area contributed by atoms with Gasteiger partial charge in [0.25, 0.3) is 0 Å². The molecule has 0 spiro atoms. The van der Waals surface area contributed by atoms with Crippen LogP contribution in [0.25, 0.3) is 21.9 Å². The van der Waals surface area contributed by atoms with E-state index in [1.165, 1.54) is 45.9 Å². The molecule has 0 unspecified atom stereocenters. The first-order valence-electron chi connectivity index (χ1n) is 7.40. The van der Waals surface area contributed by atoms with E-state index in [1.807, 2.05) is 0 Å². The fraction of sp³-hybridized carbons (Fsp3) is 0.200. The summed E-state index contributed by atoms with van der Waals surface area (Å²) in [7, 11) is 0. The molecule has 3 aromatic rings. The summed E-state index contributed by atoms with van der Waals surface area (Å²) in [6.07, 6.45) is 2.74. The summed E-state index contributed by atoms with van der Waals surface area (Å²) in [6, 6.07) is 22.5. The summed E-state index contributed by atoms with van der Waals surface area (Å²) in [5.41, 5.74) is 5.42. The Morgan fingerprint density at radius 3 is 2.10 bits per heavy atom. The van der Waals surface area contributed by atoms with Gasteiger partial charge in [0.1, 0.15) is 0 Å². The number of hydrogen-bond acceptors (Lipinski definition) is 0. The number of fused-ring (bicyclic) bond motifs is 1. The molecule has 0 N–H and O–H groups in total. The molecule has 20 heavy (non-hydrogen) atoms. The Hall–Kier alpha value is -2.08. The molecular formula is C20H18. The van der Waals surface area contributed by atoms with Gasteiger partial charge in [-0.25, -0.2) is 0 Å². The van der Waals surface area contributed by atoms with E-state index < -0.39 is 0 Å². The second kappa shape index (κ2) is 4.49. The van der Waals surface area contributed by atoms with Gasteiger partial charge in [-0.15, -0.1) is 0 Å². The van der Waals surface area contributed by atoms with Gasteiger partial charge in [-0.1, -0.05) is 60.2 Å². The van der Waals surface area contributed by atoms with E-state index in [4.69, 9.17) is 0 Å². The topological polar surface area (TPSA) is 0 Å². The third-order valence-corrected chi connectivity index (χ3v) is 4.30. The van der Waals surface area contributed by atoms with Crippen molar-refractivity contribution < 1.29 is 0 Å². The zero-order valence-corrected chi connectivity index (χ0v) is 11.8. The van der Waals surface area contributed by atoms with Gasteiger partial charge < -0.3 is 0 Å². The molecule has 0 aliphatic heterocycles. The van der Waals surface area contributed by atoms with E-state index in [1.54, 1.807) is 0 Å². The first-order valence-corrected chi connectivity index (χ1v) is 7.40. The highest BCUT2D eigenvalue weighted by molar-refractivity contribution is 5.88. The Labute approximate surface area is 120 Å². The van der Waals surface area contributed by atoms with Crippen molar-refractivity contribution in [1.29, 1.82) is 0 Å². The van der Waals surface area contributed by atoms with Gasteiger partial charge >= 0.3 is 0 Å². The molecule has 0 atom stereocenters. The monoisotopic (exact) mass is 258 g/mol. The summed E-state index contributed by atoms with van der Waals surface area (Å²) < 4.78 is 0. The molecule has 0 heterocycles. The standard InChI is InChI=1S/C20H18/c1-14-2-4-15(5-3-14)17-8-10-20-13-18(16-6-7-16)9-11-19(20)12-17/h2-5,8-13,16H,6-7H2,1H3. The SMILES string of the molecule is Cc1ccc(-c2ccc3cc(C4CC4)ccc3c2)cc1. The molecule has 0 amide bonds. The lowest BCUT2D eigenvalue weighted by atomic mass is 9.98. The number of rotatable bonds is 2. The van der Waals surface area contributed by atoms with E-state index in [2.05, 4.69) is 67.6 Å². The quantitative estimate of drug-likeness (QED) is 0.553. The molecule has 3 aromatic carbocycles. The largest absolute Gasteiger partial charge is 0.0587 e. The van der Waals surface area contributed by atoms with Gasteiger partial charge in [0, 0.05) is 0 Å². The lowest BCUT2D eigenvalue weighted by Gasteiger charge is -2.06. The molecule has 1 aliphatic rings. The molecule has 1 aliphatic carbocycles. The molecule has 0 radical (unpaired) electrons. The highest BCUT2D eigenvalue weighted by atomic mass is 14.3. The van der Waals surface area contributed by atoms with Gasteiger partial charge in [-0.05, 0) is 59.2 Å². The number of benzene rings is 3. The molecule has 0 bridgehead atoms. The van der Waals surface area contributed by atoms with Gasteiger partial charge in [0.15, 0.2) is 0 Å². The minimum Gasteiger partial charge on any atom is -0.0587 e. The maximum atomic E-state index is 2.37. The van der Waals surface area contributed by atoms with Crippen molar-refractivity contribution in [2.75, 3.05) is 0 Å². The third kappa shape index (κ3) is 2.12. The maximum Gasteiger partial charge on any atom is -0.0161 e. The van der Waals surface area contributed by atoms with E-state index in [9.17, 15) is 0 Å². The second-order valence-corrected chi connectivity index (χ2v) is 5.96.